The summed E-state index contributed by atoms with van der Waals surface area (Å²) in [4.78, 5) is 13.6. The van der Waals surface area contributed by atoms with Crippen LogP contribution in [0.3, 0.4) is 0 Å². The molecule has 104 valence electrons. The minimum absolute atomic E-state index is 0.809. The van der Waals surface area contributed by atoms with E-state index in [0.717, 1.165) is 26.3 Å². The fourth-order valence-corrected chi connectivity index (χ4v) is 4.14. The highest BCUT2D eigenvalue weighted by Crippen LogP contribution is 2.35. The Labute approximate surface area is 129 Å². The summed E-state index contributed by atoms with van der Waals surface area (Å²) >= 11 is 3.22. The van der Waals surface area contributed by atoms with Crippen molar-refractivity contribution in [3.8, 4) is 0 Å². The zero-order valence-corrected chi connectivity index (χ0v) is 12.8. The largest absolute Gasteiger partial charge is 0.372 e. The zero-order chi connectivity index (χ0) is 14.2. The fourth-order valence-electron chi connectivity index (χ4n) is 2.07. The lowest BCUT2D eigenvalue weighted by atomic mass is 10.3. The molecule has 7 heteroatoms. The first kappa shape index (κ1) is 12.6. The van der Waals surface area contributed by atoms with Gasteiger partial charge < -0.3 is 9.72 Å². The third-order valence-electron chi connectivity index (χ3n) is 3.06. The van der Waals surface area contributed by atoms with Crippen LogP contribution < -0.4 is 5.32 Å². The summed E-state index contributed by atoms with van der Waals surface area (Å²) in [7, 11) is 1.86. The standard InChI is InChI=1S/C14H11N5S2/c1-15-11-8-19-7-6-16-12(19)13(18-11)21-14-17-9-4-2-3-5-10(9)20-14/h2-8,15H,1H3. The molecule has 1 N–H and O–H groups in total. The summed E-state index contributed by atoms with van der Waals surface area (Å²) in [6.07, 6.45) is 5.61. The lowest BCUT2D eigenvalue weighted by Gasteiger charge is -2.04. The fraction of sp³-hybridized carbons (Fsp3) is 0.0714. The molecular weight excluding hydrogens is 302 g/mol. The van der Waals surface area contributed by atoms with Crippen LogP contribution in [-0.2, 0) is 0 Å². The van der Waals surface area contributed by atoms with Gasteiger partial charge >= 0.3 is 0 Å². The first-order valence-electron chi connectivity index (χ1n) is 6.38. The number of imidazole rings is 1. The van der Waals surface area contributed by atoms with Gasteiger partial charge in [0.1, 0.15) is 10.8 Å². The van der Waals surface area contributed by atoms with Crippen LogP contribution in [0.25, 0.3) is 15.9 Å². The minimum atomic E-state index is 0.809. The molecule has 0 spiro atoms. The smallest absolute Gasteiger partial charge is 0.170 e. The Balaban J connectivity index is 1.80. The van der Waals surface area contributed by atoms with E-state index >= 15 is 0 Å². The van der Waals surface area contributed by atoms with E-state index in [9.17, 15) is 0 Å². The molecule has 0 atom stereocenters. The predicted octanol–water partition coefficient (Wildman–Crippen LogP) is 3.53. The van der Waals surface area contributed by atoms with Crippen LogP contribution in [0.2, 0.25) is 0 Å². The summed E-state index contributed by atoms with van der Waals surface area (Å²) in [5.74, 6) is 0.809. The summed E-state index contributed by atoms with van der Waals surface area (Å²) in [6.45, 7) is 0. The maximum atomic E-state index is 4.64. The molecule has 0 aliphatic carbocycles. The molecule has 5 nitrogen and oxygen atoms in total. The van der Waals surface area contributed by atoms with Gasteiger partial charge in [0.25, 0.3) is 0 Å². The third-order valence-corrected chi connectivity index (χ3v) is 5.12. The second kappa shape index (κ2) is 5.01. The van der Waals surface area contributed by atoms with Gasteiger partial charge in [-0.3, -0.25) is 0 Å². The monoisotopic (exact) mass is 313 g/mol. The van der Waals surface area contributed by atoms with E-state index < -0.39 is 0 Å². The lowest BCUT2D eigenvalue weighted by Crippen LogP contribution is -1.98. The molecule has 0 unspecified atom stereocenters. The van der Waals surface area contributed by atoms with Crippen molar-refractivity contribution in [3.05, 3.63) is 42.9 Å². The minimum Gasteiger partial charge on any atom is -0.372 e. The van der Waals surface area contributed by atoms with Crippen LogP contribution >= 0.6 is 23.1 Å². The van der Waals surface area contributed by atoms with E-state index in [1.165, 1.54) is 4.70 Å². The highest BCUT2D eigenvalue weighted by Gasteiger charge is 2.12. The lowest BCUT2D eigenvalue weighted by molar-refractivity contribution is 1.03. The van der Waals surface area contributed by atoms with Gasteiger partial charge in [-0.15, -0.1) is 11.3 Å². The number of nitrogens with one attached hydrogen (secondary N) is 1. The first-order chi connectivity index (χ1) is 10.3. The van der Waals surface area contributed by atoms with Crippen molar-refractivity contribution >= 4 is 44.8 Å². The van der Waals surface area contributed by atoms with Gasteiger partial charge in [-0.2, -0.15) is 0 Å². The van der Waals surface area contributed by atoms with Crippen molar-refractivity contribution in [1.82, 2.24) is 19.4 Å². The van der Waals surface area contributed by atoms with Crippen LogP contribution in [0.5, 0.6) is 0 Å². The maximum Gasteiger partial charge on any atom is 0.170 e. The number of rotatable bonds is 3. The number of nitrogens with zero attached hydrogens (tertiary/aromatic N) is 4. The Kier molecular flexibility index (Phi) is 3.01. The van der Waals surface area contributed by atoms with Crippen molar-refractivity contribution in [1.29, 1.82) is 0 Å². The summed E-state index contributed by atoms with van der Waals surface area (Å²) in [5.41, 5.74) is 1.87. The molecule has 1 aromatic carbocycles. The quantitative estimate of drug-likeness (QED) is 0.627. The number of benzene rings is 1. The number of aromatic nitrogens is 4. The number of anilines is 1. The molecule has 3 heterocycles. The van der Waals surface area contributed by atoms with Gasteiger partial charge in [0.05, 0.1) is 16.4 Å². The molecule has 0 saturated carbocycles. The van der Waals surface area contributed by atoms with Crippen molar-refractivity contribution < 1.29 is 0 Å². The van der Waals surface area contributed by atoms with E-state index in [0.29, 0.717) is 0 Å². The highest BCUT2D eigenvalue weighted by atomic mass is 32.2. The number of fused-ring (bicyclic) bond motifs is 2. The maximum absolute atomic E-state index is 4.64. The molecule has 4 aromatic rings. The van der Waals surface area contributed by atoms with Crippen molar-refractivity contribution in [2.24, 2.45) is 0 Å². The highest BCUT2D eigenvalue weighted by molar-refractivity contribution is 8.01. The first-order valence-corrected chi connectivity index (χ1v) is 8.02. The number of hydrogen-bond acceptors (Lipinski definition) is 6. The average Bonchev–Trinajstić information content (AvgIpc) is 3.12. The Morgan fingerprint density at radius 3 is 3.00 bits per heavy atom. The molecule has 0 bridgehead atoms. The number of thiazole rings is 1. The van der Waals surface area contributed by atoms with Crippen LogP contribution in [0.1, 0.15) is 0 Å². The topological polar surface area (TPSA) is 55.1 Å². The van der Waals surface area contributed by atoms with E-state index in [2.05, 4.69) is 26.3 Å². The summed E-state index contributed by atoms with van der Waals surface area (Å²) in [6, 6.07) is 8.14. The van der Waals surface area contributed by atoms with E-state index in [1.54, 1.807) is 29.3 Å². The van der Waals surface area contributed by atoms with Gasteiger partial charge in [0.15, 0.2) is 9.99 Å². The summed E-state index contributed by atoms with van der Waals surface area (Å²) < 4.78 is 4.13. The normalized spacial score (nSPS) is 11.3. The third kappa shape index (κ3) is 2.24. The van der Waals surface area contributed by atoms with Gasteiger partial charge in [-0.1, -0.05) is 12.1 Å². The van der Waals surface area contributed by atoms with Gasteiger partial charge in [0.2, 0.25) is 0 Å². The van der Waals surface area contributed by atoms with Gasteiger partial charge in [0, 0.05) is 19.4 Å². The Bertz CT molecular complexity index is 894. The zero-order valence-electron chi connectivity index (χ0n) is 11.1. The van der Waals surface area contributed by atoms with E-state index in [4.69, 9.17) is 0 Å². The predicted molar refractivity (Wildman–Crippen MR) is 86.3 cm³/mol. The van der Waals surface area contributed by atoms with Crippen molar-refractivity contribution in [3.63, 3.8) is 0 Å². The SMILES string of the molecule is CNc1cn2ccnc2c(Sc2nc3ccccc3s2)n1. The average molecular weight is 313 g/mol. The Hall–Kier alpha value is -2.12. The molecule has 0 aliphatic rings. The van der Waals surface area contributed by atoms with Crippen molar-refractivity contribution in [2.75, 3.05) is 12.4 Å². The molecule has 21 heavy (non-hydrogen) atoms. The van der Waals surface area contributed by atoms with E-state index in [-0.39, 0.29) is 0 Å². The Morgan fingerprint density at radius 2 is 2.14 bits per heavy atom. The molecule has 0 amide bonds. The van der Waals surface area contributed by atoms with E-state index in [1.807, 2.05) is 42.0 Å². The molecule has 0 fully saturated rings. The summed E-state index contributed by atoms with van der Waals surface area (Å²) in [5, 5.41) is 3.92. The van der Waals surface area contributed by atoms with Gasteiger partial charge in [-0.05, 0) is 23.9 Å². The van der Waals surface area contributed by atoms with Crippen LogP contribution in [-0.4, -0.2) is 26.4 Å². The van der Waals surface area contributed by atoms with Crippen LogP contribution in [0.15, 0.2) is 52.2 Å². The number of para-hydroxylation sites is 1. The molecule has 0 aliphatic heterocycles. The molecule has 0 saturated heterocycles. The molecular formula is C14H11N5S2. The van der Waals surface area contributed by atoms with Crippen LogP contribution in [0.4, 0.5) is 5.82 Å². The molecule has 0 radical (unpaired) electrons. The van der Waals surface area contributed by atoms with Crippen LogP contribution in [0, 0.1) is 0 Å². The second-order valence-electron chi connectivity index (χ2n) is 4.39. The van der Waals surface area contributed by atoms with Gasteiger partial charge in [-0.25, -0.2) is 15.0 Å². The molecule has 4 rings (SSSR count). The Morgan fingerprint density at radius 1 is 1.24 bits per heavy atom. The number of hydrogen-bond donors (Lipinski definition) is 1. The van der Waals surface area contributed by atoms with Crippen molar-refractivity contribution in [2.45, 2.75) is 9.37 Å². The second-order valence-corrected chi connectivity index (χ2v) is 6.66. The molecule has 3 aromatic heterocycles.